The standard InChI is InChI=1S/C20H30N4O4/c1-2-10-28-17-8-5-13(19(26)22-12-18(21)25)11-15(17)23-20(27)16-4-3-9-24(16)14-6-7-14/h3-4,9,13-15,17H,2,5-8,10-12H2,1H3,(H2,21,25)(H,22,26)(H,23,27)/t13-,15+,17+/m0/s1. The van der Waals surface area contributed by atoms with E-state index >= 15 is 0 Å². The largest absolute Gasteiger partial charge is 0.376 e. The van der Waals surface area contributed by atoms with Crippen LogP contribution in [-0.2, 0) is 14.3 Å². The second kappa shape index (κ2) is 9.23. The maximum atomic E-state index is 12.9. The average molecular weight is 390 g/mol. The summed E-state index contributed by atoms with van der Waals surface area (Å²) in [6.07, 6.45) is 6.74. The molecule has 0 aromatic carbocycles. The number of carbonyl (C=O) groups excluding carboxylic acids is 3. The van der Waals surface area contributed by atoms with Crippen molar-refractivity contribution in [2.45, 2.75) is 63.6 Å². The number of nitrogens with one attached hydrogen (secondary N) is 2. The summed E-state index contributed by atoms with van der Waals surface area (Å²) in [4.78, 5) is 36.2. The van der Waals surface area contributed by atoms with Crippen molar-refractivity contribution in [3.63, 3.8) is 0 Å². The van der Waals surface area contributed by atoms with Crippen LogP contribution in [0.3, 0.4) is 0 Å². The first-order chi connectivity index (χ1) is 13.5. The predicted molar refractivity (Wildman–Crippen MR) is 104 cm³/mol. The summed E-state index contributed by atoms with van der Waals surface area (Å²) < 4.78 is 7.98. The van der Waals surface area contributed by atoms with Gasteiger partial charge in [0.2, 0.25) is 11.8 Å². The highest BCUT2D eigenvalue weighted by atomic mass is 16.5. The molecule has 3 amide bonds. The monoisotopic (exact) mass is 390 g/mol. The first kappa shape index (κ1) is 20.4. The molecule has 2 aliphatic rings. The summed E-state index contributed by atoms with van der Waals surface area (Å²) in [5.74, 6) is -1.18. The van der Waals surface area contributed by atoms with Crippen molar-refractivity contribution < 1.29 is 19.1 Å². The van der Waals surface area contributed by atoms with Gasteiger partial charge in [0.05, 0.1) is 18.7 Å². The number of rotatable bonds is 9. The fourth-order valence-electron chi connectivity index (χ4n) is 3.82. The van der Waals surface area contributed by atoms with Gasteiger partial charge in [-0.1, -0.05) is 6.92 Å². The molecule has 0 bridgehead atoms. The highest BCUT2D eigenvalue weighted by Gasteiger charge is 2.36. The number of hydrogen-bond acceptors (Lipinski definition) is 4. The lowest BCUT2D eigenvalue weighted by Gasteiger charge is -2.36. The minimum absolute atomic E-state index is 0.117. The zero-order valence-corrected chi connectivity index (χ0v) is 16.4. The Morgan fingerprint density at radius 2 is 2.04 bits per heavy atom. The molecule has 0 radical (unpaired) electrons. The minimum atomic E-state index is -0.570. The Morgan fingerprint density at radius 1 is 1.25 bits per heavy atom. The molecule has 8 nitrogen and oxygen atoms in total. The molecule has 0 spiro atoms. The molecular formula is C20H30N4O4. The summed E-state index contributed by atoms with van der Waals surface area (Å²) >= 11 is 0. The molecule has 2 saturated carbocycles. The van der Waals surface area contributed by atoms with Gasteiger partial charge in [-0.05, 0) is 50.7 Å². The topological polar surface area (TPSA) is 115 Å². The smallest absolute Gasteiger partial charge is 0.268 e. The highest BCUT2D eigenvalue weighted by molar-refractivity contribution is 5.93. The van der Waals surface area contributed by atoms with E-state index in [0.29, 0.717) is 37.6 Å². The fraction of sp³-hybridized carbons (Fsp3) is 0.650. The summed E-state index contributed by atoms with van der Waals surface area (Å²) in [5, 5.41) is 5.67. The van der Waals surface area contributed by atoms with Crippen LogP contribution in [0.2, 0.25) is 0 Å². The van der Waals surface area contributed by atoms with Crippen molar-refractivity contribution in [1.82, 2.24) is 15.2 Å². The van der Waals surface area contributed by atoms with Gasteiger partial charge in [-0.3, -0.25) is 14.4 Å². The van der Waals surface area contributed by atoms with Crippen molar-refractivity contribution in [3.8, 4) is 0 Å². The second-order valence-corrected chi connectivity index (χ2v) is 7.72. The van der Waals surface area contributed by atoms with E-state index in [1.807, 2.05) is 29.8 Å². The maximum absolute atomic E-state index is 12.9. The van der Waals surface area contributed by atoms with Crippen molar-refractivity contribution in [2.24, 2.45) is 11.7 Å². The molecule has 3 atom stereocenters. The van der Waals surface area contributed by atoms with E-state index in [4.69, 9.17) is 10.5 Å². The van der Waals surface area contributed by atoms with Crippen LogP contribution >= 0.6 is 0 Å². The number of hydrogen-bond donors (Lipinski definition) is 3. The lowest BCUT2D eigenvalue weighted by Crippen LogP contribution is -2.51. The van der Waals surface area contributed by atoms with Crippen molar-refractivity contribution in [3.05, 3.63) is 24.0 Å². The molecule has 8 heteroatoms. The third-order valence-corrected chi connectivity index (χ3v) is 5.40. The van der Waals surface area contributed by atoms with Gasteiger partial charge in [-0.25, -0.2) is 0 Å². The Morgan fingerprint density at radius 3 is 2.71 bits per heavy atom. The van der Waals surface area contributed by atoms with Crippen LogP contribution in [0, 0.1) is 5.92 Å². The van der Waals surface area contributed by atoms with Crippen LogP contribution in [0.25, 0.3) is 0 Å². The lowest BCUT2D eigenvalue weighted by molar-refractivity contribution is -0.129. The minimum Gasteiger partial charge on any atom is -0.376 e. The van der Waals surface area contributed by atoms with E-state index in [1.165, 1.54) is 0 Å². The first-order valence-electron chi connectivity index (χ1n) is 10.1. The normalized spacial score (nSPS) is 24.5. The molecule has 1 aromatic rings. The fourth-order valence-corrected chi connectivity index (χ4v) is 3.82. The predicted octanol–water partition coefficient (Wildman–Crippen LogP) is 1.12. The van der Waals surface area contributed by atoms with E-state index in [9.17, 15) is 14.4 Å². The van der Waals surface area contributed by atoms with Crippen LogP contribution < -0.4 is 16.4 Å². The molecule has 4 N–H and O–H groups in total. The van der Waals surface area contributed by atoms with E-state index in [2.05, 4.69) is 10.6 Å². The molecule has 1 heterocycles. The molecule has 0 unspecified atom stereocenters. The molecule has 1 aromatic heterocycles. The summed E-state index contributed by atoms with van der Waals surface area (Å²) in [6.45, 7) is 2.49. The molecule has 28 heavy (non-hydrogen) atoms. The number of nitrogens with zero attached hydrogens (tertiary/aromatic N) is 1. The van der Waals surface area contributed by atoms with E-state index in [0.717, 1.165) is 19.3 Å². The molecular weight excluding hydrogens is 360 g/mol. The number of aromatic nitrogens is 1. The van der Waals surface area contributed by atoms with Gasteiger partial charge >= 0.3 is 0 Å². The number of carbonyl (C=O) groups is 3. The number of ether oxygens (including phenoxy) is 1. The third-order valence-electron chi connectivity index (χ3n) is 5.40. The zero-order valence-electron chi connectivity index (χ0n) is 16.4. The van der Waals surface area contributed by atoms with Crippen LogP contribution in [0.1, 0.15) is 62.0 Å². The summed E-state index contributed by atoms with van der Waals surface area (Å²) in [6, 6.07) is 3.88. The van der Waals surface area contributed by atoms with E-state index in [-0.39, 0.29) is 36.4 Å². The van der Waals surface area contributed by atoms with Gasteiger partial charge in [0, 0.05) is 24.8 Å². The van der Waals surface area contributed by atoms with Gasteiger partial charge in [-0.15, -0.1) is 0 Å². The maximum Gasteiger partial charge on any atom is 0.268 e. The molecule has 2 aliphatic carbocycles. The Labute approximate surface area is 165 Å². The number of amides is 3. The van der Waals surface area contributed by atoms with E-state index in [1.54, 1.807) is 0 Å². The van der Waals surface area contributed by atoms with Crippen LogP contribution in [0.15, 0.2) is 18.3 Å². The van der Waals surface area contributed by atoms with Crippen molar-refractivity contribution in [2.75, 3.05) is 13.2 Å². The first-order valence-corrected chi connectivity index (χ1v) is 10.1. The quantitative estimate of drug-likeness (QED) is 0.586. The average Bonchev–Trinajstić information content (AvgIpc) is 3.41. The van der Waals surface area contributed by atoms with Gasteiger partial charge in [-0.2, -0.15) is 0 Å². The zero-order chi connectivity index (χ0) is 20.1. The highest BCUT2D eigenvalue weighted by Crippen LogP contribution is 2.36. The summed E-state index contributed by atoms with van der Waals surface area (Å²) in [5.41, 5.74) is 5.76. The molecule has 154 valence electrons. The van der Waals surface area contributed by atoms with E-state index < -0.39 is 5.91 Å². The second-order valence-electron chi connectivity index (χ2n) is 7.72. The van der Waals surface area contributed by atoms with Gasteiger partial charge in [0.15, 0.2) is 0 Å². The number of nitrogens with two attached hydrogens (primary N) is 1. The summed E-state index contributed by atoms with van der Waals surface area (Å²) in [7, 11) is 0. The van der Waals surface area contributed by atoms with Crippen LogP contribution in [0.5, 0.6) is 0 Å². The van der Waals surface area contributed by atoms with Crippen LogP contribution in [0.4, 0.5) is 0 Å². The molecule has 2 fully saturated rings. The van der Waals surface area contributed by atoms with Gasteiger partial charge in [0.1, 0.15) is 5.69 Å². The molecule has 0 aliphatic heterocycles. The van der Waals surface area contributed by atoms with Crippen molar-refractivity contribution in [1.29, 1.82) is 0 Å². The third kappa shape index (κ3) is 5.13. The molecule has 0 saturated heterocycles. The molecule has 3 rings (SSSR count). The Hall–Kier alpha value is -2.35. The lowest BCUT2D eigenvalue weighted by atomic mass is 9.83. The van der Waals surface area contributed by atoms with Gasteiger partial charge in [0.25, 0.3) is 5.91 Å². The Bertz CT molecular complexity index is 713. The van der Waals surface area contributed by atoms with Crippen LogP contribution in [-0.4, -0.2) is 47.6 Å². The number of primary amides is 1. The Kier molecular flexibility index (Phi) is 6.72. The van der Waals surface area contributed by atoms with Gasteiger partial charge < -0.3 is 25.7 Å². The Balaban J connectivity index is 1.65. The van der Waals surface area contributed by atoms with Crippen molar-refractivity contribution >= 4 is 17.7 Å². The SMILES string of the molecule is CCCO[C@@H]1CC[C@H](C(=O)NCC(N)=O)C[C@H]1NC(=O)c1cccn1C1CC1.